The Bertz CT molecular complexity index is 531. The summed E-state index contributed by atoms with van der Waals surface area (Å²) in [5.74, 6) is 0.903. The second-order valence-corrected chi connectivity index (χ2v) is 6.82. The topological polar surface area (TPSA) is 41.6 Å². The van der Waals surface area contributed by atoms with Crippen LogP contribution in [0.3, 0.4) is 0 Å². The summed E-state index contributed by atoms with van der Waals surface area (Å²) >= 11 is 3.53. The summed E-state index contributed by atoms with van der Waals surface area (Å²) < 4.78 is 7.09. The van der Waals surface area contributed by atoms with Crippen molar-refractivity contribution in [2.45, 2.75) is 45.9 Å². The van der Waals surface area contributed by atoms with Gasteiger partial charge in [0.15, 0.2) is 6.10 Å². The summed E-state index contributed by atoms with van der Waals surface area (Å²) in [6, 6.07) is 4.48. The molecule has 1 amide bonds. The Morgan fingerprint density at radius 2 is 2.19 bits per heavy atom. The van der Waals surface area contributed by atoms with E-state index >= 15 is 0 Å². The van der Waals surface area contributed by atoms with Gasteiger partial charge in [0.25, 0.3) is 5.91 Å². The van der Waals surface area contributed by atoms with Gasteiger partial charge in [0, 0.05) is 42.6 Å². The Kier molecular flexibility index (Phi) is 5.27. The first-order valence-electron chi connectivity index (χ1n) is 7.32. The van der Waals surface area contributed by atoms with Crippen LogP contribution < -0.4 is 10.1 Å². The second kappa shape index (κ2) is 6.79. The van der Waals surface area contributed by atoms with Crippen molar-refractivity contribution >= 4 is 21.8 Å². The number of ether oxygens (including phenoxy) is 1. The van der Waals surface area contributed by atoms with E-state index in [0.717, 1.165) is 40.9 Å². The highest BCUT2D eigenvalue weighted by Crippen LogP contribution is 2.30. The number of aryl methyl sites for hydroxylation is 1. The molecule has 5 heteroatoms. The first-order valence-corrected chi connectivity index (χ1v) is 8.12. The first-order chi connectivity index (χ1) is 9.88. The van der Waals surface area contributed by atoms with Gasteiger partial charge in [-0.05, 0) is 24.6 Å². The molecule has 1 aromatic rings. The molecule has 0 saturated carbocycles. The molecular weight excluding hydrogens is 332 g/mol. The zero-order valence-electron chi connectivity index (χ0n) is 13.1. The van der Waals surface area contributed by atoms with Crippen LogP contribution in [0.15, 0.2) is 16.6 Å². The van der Waals surface area contributed by atoms with Crippen LogP contribution in [0.1, 0.15) is 31.4 Å². The summed E-state index contributed by atoms with van der Waals surface area (Å²) in [5.41, 5.74) is 2.13. The third-order valence-electron chi connectivity index (χ3n) is 3.66. The van der Waals surface area contributed by atoms with Gasteiger partial charge in [-0.3, -0.25) is 4.79 Å². The van der Waals surface area contributed by atoms with Crippen molar-refractivity contribution in [3.8, 4) is 5.75 Å². The molecule has 1 aliphatic heterocycles. The van der Waals surface area contributed by atoms with Gasteiger partial charge >= 0.3 is 0 Å². The van der Waals surface area contributed by atoms with E-state index in [9.17, 15) is 4.79 Å². The zero-order chi connectivity index (χ0) is 15.6. The Hall–Kier alpha value is -1.07. The Labute approximate surface area is 135 Å². The molecule has 0 aliphatic carbocycles. The van der Waals surface area contributed by atoms with Crippen LogP contribution in [0, 0.1) is 6.92 Å². The van der Waals surface area contributed by atoms with Crippen LogP contribution in [0.4, 0.5) is 0 Å². The van der Waals surface area contributed by atoms with Crippen molar-refractivity contribution in [1.29, 1.82) is 0 Å². The number of hydrogen-bond donors (Lipinski definition) is 1. The number of nitrogens with zero attached hydrogens (tertiary/aromatic N) is 1. The quantitative estimate of drug-likeness (QED) is 0.883. The van der Waals surface area contributed by atoms with Crippen LogP contribution in [-0.2, 0) is 11.3 Å². The molecule has 0 spiro atoms. The number of hydrogen-bond acceptors (Lipinski definition) is 3. The molecule has 1 aromatic carbocycles. The fraction of sp³-hybridized carbons (Fsp3) is 0.562. The van der Waals surface area contributed by atoms with Crippen molar-refractivity contribution in [2.75, 3.05) is 13.6 Å². The molecule has 1 fully saturated rings. The van der Waals surface area contributed by atoms with E-state index in [2.05, 4.69) is 41.2 Å². The molecule has 1 aliphatic rings. The highest BCUT2D eigenvalue weighted by molar-refractivity contribution is 9.10. The lowest BCUT2D eigenvalue weighted by Gasteiger charge is -2.19. The maximum atomic E-state index is 12.0. The molecular formula is C16H23BrN2O2. The van der Waals surface area contributed by atoms with E-state index in [1.54, 1.807) is 4.90 Å². The van der Waals surface area contributed by atoms with E-state index in [-0.39, 0.29) is 12.0 Å². The summed E-state index contributed by atoms with van der Waals surface area (Å²) in [5, 5.41) is 3.41. The lowest BCUT2D eigenvalue weighted by Crippen LogP contribution is -2.30. The van der Waals surface area contributed by atoms with E-state index in [1.807, 2.05) is 20.0 Å². The van der Waals surface area contributed by atoms with Crippen molar-refractivity contribution in [3.05, 3.63) is 27.7 Å². The van der Waals surface area contributed by atoms with Gasteiger partial charge in [0.1, 0.15) is 5.75 Å². The largest absolute Gasteiger partial charge is 0.480 e. The minimum absolute atomic E-state index is 0.0695. The third-order valence-corrected chi connectivity index (χ3v) is 4.11. The summed E-state index contributed by atoms with van der Waals surface area (Å²) in [6.45, 7) is 7.73. The highest BCUT2D eigenvalue weighted by atomic mass is 79.9. The second-order valence-electron chi connectivity index (χ2n) is 5.90. The molecule has 0 radical (unpaired) electrons. The third kappa shape index (κ3) is 3.98. The minimum atomic E-state index is -0.354. The standard InChI is InChI=1S/C16H23BrN2O2/c1-10(2)18-9-12-8-13(17)7-11(3)15(12)21-14-5-6-19(4)16(14)20/h7-8,10,14,18H,5-6,9H2,1-4H3. The molecule has 1 atom stereocenters. The van der Waals surface area contributed by atoms with Gasteiger partial charge in [-0.25, -0.2) is 0 Å². The number of likely N-dealkylation sites (N-methyl/N-ethyl adjacent to an activating group) is 1. The molecule has 1 saturated heterocycles. The number of carbonyl (C=O) groups is 1. The lowest BCUT2D eigenvalue weighted by molar-refractivity contribution is -0.132. The number of benzene rings is 1. The SMILES string of the molecule is Cc1cc(Br)cc(CNC(C)C)c1OC1CCN(C)C1=O. The Morgan fingerprint density at radius 1 is 1.48 bits per heavy atom. The van der Waals surface area contributed by atoms with Gasteiger partial charge in [-0.1, -0.05) is 29.8 Å². The van der Waals surface area contributed by atoms with E-state index in [4.69, 9.17) is 4.74 Å². The van der Waals surface area contributed by atoms with Gasteiger partial charge in [0.05, 0.1) is 0 Å². The normalized spacial score (nSPS) is 18.7. The molecule has 0 bridgehead atoms. The molecule has 4 nitrogen and oxygen atoms in total. The number of nitrogens with one attached hydrogen (secondary N) is 1. The maximum Gasteiger partial charge on any atom is 0.263 e. The minimum Gasteiger partial charge on any atom is -0.480 e. The van der Waals surface area contributed by atoms with E-state index in [1.165, 1.54) is 0 Å². The van der Waals surface area contributed by atoms with Gasteiger partial charge < -0.3 is 15.0 Å². The monoisotopic (exact) mass is 354 g/mol. The molecule has 21 heavy (non-hydrogen) atoms. The maximum absolute atomic E-state index is 12.0. The average Bonchev–Trinajstić information content (AvgIpc) is 2.71. The predicted octanol–water partition coefficient (Wildman–Crippen LogP) is 2.87. The first kappa shape index (κ1) is 16.3. The van der Waals surface area contributed by atoms with Crippen molar-refractivity contribution < 1.29 is 9.53 Å². The molecule has 0 aromatic heterocycles. The molecule has 1 heterocycles. The van der Waals surface area contributed by atoms with Crippen molar-refractivity contribution in [3.63, 3.8) is 0 Å². The smallest absolute Gasteiger partial charge is 0.263 e. The van der Waals surface area contributed by atoms with E-state index in [0.29, 0.717) is 6.04 Å². The fourth-order valence-corrected chi connectivity index (χ4v) is 3.07. The van der Waals surface area contributed by atoms with Gasteiger partial charge in [0.2, 0.25) is 0 Å². The number of amides is 1. The van der Waals surface area contributed by atoms with Crippen LogP contribution >= 0.6 is 15.9 Å². The van der Waals surface area contributed by atoms with Crippen LogP contribution in [-0.4, -0.2) is 36.5 Å². The van der Waals surface area contributed by atoms with Crippen molar-refractivity contribution in [2.24, 2.45) is 0 Å². The predicted molar refractivity (Wildman–Crippen MR) is 87.5 cm³/mol. The van der Waals surface area contributed by atoms with Crippen LogP contribution in [0.5, 0.6) is 5.75 Å². The van der Waals surface area contributed by atoms with Crippen LogP contribution in [0.25, 0.3) is 0 Å². The van der Waals surface area contributed by atoms with Gasteiger partial charge in [-0.2, -0.15) is 0 Å². The highest BCUT2D eigenvalue weighted by Gasteiger charge is 2.31. The molecule has 116 valence electrons. The fourth-order valence-electron chi connectivity index (χ4n) is 2.46. The molecule has 2 rings (SSSR count). The van der Waals surface area contributed by atoms with Crippen molar-refractivity contribution in [1.82, 2.24) is 10.2 Å². The summed E-state index contributed by atoms with van der Waals surface area (Å²) in [4.78, 5) is 13.8. The Morgan fingerprint density at radius 3 is 2.76 bits per heavy atom. The zero-order valence-corrected chi connectivity index (χ0v) is 14.7. The van der Waals surface area contributed by atoms with E-state index < -0.39 is 0 Å². The number of likely N-dealkylation sites (tertiary alicyclic amines) is 1. The summed E-state index contributed by atoms with van der Waals surface area (Å²) in [6.07, 6.45) is 0.398. The summed E-state index contributed by atoms with van der Waals surface area (Å²) in [7, 11) is 1.82. The molecule has 1 unspecified atom stereocenters. The number of rotatable bonds is 5. The number of carbonyl (C=O) groups excluding carboxylic acids is 1. The lowest BCUT2D eigenvalue weighted by atomic mass is 10.1. The number of halogens is 1. The Balaban J connectivity index is 2.22. The molecule has 1 N–H and O–H groups in total. The average molecular weight is 355 g/mol. The van der Waals surface area contributed by atoms with Gasteiger partial charge in [-0.15, -0.1) is 0 Å². The van der Waals surface area contributed by atoms with Crippen LogP contribution in [0.2, 0.25) is 0 Å².